The molecule has 0 fully saturated rings. The summed E-state index contributed by atoms with van der Waals surface area (Å²) in [6, 6.07) is 13.4. The van der Waals surface area contributed by atoms with Crippen molar-refractivity contribution in [2.24, 2.45) is 0 Å². The molecule has 3 rings (SSSR count). The molecule has 30 heavy (non-hydrogen) atoms. The summed E-state index contributed by atoms with van der Waals surface area (Å²) in [4.78, 5) is 24.0. The number of rotatable bonds is 7. The molecule has 0 aromatic heterocycles. The highest BCUT2D eigenvalue weighted by Crippen LogP contribution is 2.30. The van der Waals surface area contributed by atoms with Gasteiger partial charge < -0.3 is 19.5 Å². The minimum atomic E-state index is -0.586. The fourth-order valence-corrected chi connectivity index (χ4v) is 3.04. The van der Waals surface area contributed by atoms with Crippen LogP contribution in [0.15, 0.2) is 48.5 Å². The average Bonchev–Trinajstić information content (AvgIpc) is 3.01. The van der Waals surface area contributed by atoms with Crippen molar-refractivity contribution in [3.8, 4) is 11.5 Å². The van der Waals surface area contributed by atoms with Crippen molar-refractivity contribution >= 4 is 18.0 Å². The standard InChI is InChI=1S/C24H27NO5/c1-3-18-5-9-20(10-6-18)17(2)25-23(26)16-30-24(27)12-8-19-7-11-21-22(15-19)29-14-4-13-28-21/h5-12,15,17H,3-4,13-14,16H2,1-2H3,(H,25,26)/b12-8+/t17-/m0/s1. The number of hydrogen-bond donors (Lipinski definition) is 1. The summed E-state index contributed by atoms with van der Waals surface area (Å²) in [6.45, 7) is 4.88. The average molecular weight is 409 g/mol. The molecule has 1 N–H and O–H groups in total. The zero-order chi connectivity index (χ0) is 21.3. The van der Waals surface area contributed by atoms with Crippen LogP contribution in [-0.4, -0.2) is 31.7 Å². The van der Waals surface area contributed by atoms with Crippen LogP contribution in [0, 0.1) is 0 Å². The van der Waals surface area contributed by atoms with Crippen LogP contribution in [0.4, 0.5) is 0 Å². The second-order valence-corrected chi connectivity index (χ2v) is 7.08. The summed E-state index contributed by atoms with van der Waals surface area (Å²) < 4.78 is 16.3. The smallest absolute Gasteiger partial charge is 0.331 e. The van der Waals surface area contributed by atoms with Gasteiger partial charge in [0.2, 0.25) is 0 Å². The lowest BCUT2D eigenvalue weighted by Gasteiger charge is -2.14. The fraction of sp³-hybridized carbons (Fsp3) is 0.333. The number of esters is 1. The predicted molar refractivity (Wildman–Crippen MR) is 114 cm³/mol. The summed E-state index contributed by atoms with van der Waals surface area (Å²) >= 11 is 0. The first-order valence-electron chi connectivity index (χ1n) is 10.2. The van der Waals surface area contributed by atoms with Gasteiger partial charge in [0.05, 0.1) is 19.3 Å². The van der Waals surface area contributed by atoms with Crippen molar-refractivity contribution in [1.82, 2.24) is 5.32 Å². The third kappa shape index (κ3) is 6.11. The van der Waals surface area contributed by atoms with E-state index in [0.717, 1.165) is 24.0 Å². The molecule has 0 saturated carbocycles. The van der Waals surface area contributed by atoms with Gasteiger partial charge in [-0.05, 0) is 48.2 Å². The van der Waals surface area contributed by atoms with Gasteiger partial charge >= 0.3 is 5.97 Å². The molecule has 0 radical (unpaired) electrons. The van der Waals surface area contributed by atoms with Crippen molar-refractivity contribution in [2.45, 2.75) is 32.7 Å². The number of carbonyl (C=O) groups is 2. The fourth-order valence-electron chi connectivity index (χ4n) is 3.04. The number of hydrogen-bond acceptors (Lipinski definition) is 5. The molecule has 0 unspecified atom stereocenters. The van der Waals surface area contributed by atoms with Crippen LogP contribution in [0.5, 0.6) is 11.5 Å². The van der Waals surface area contributed by atoms with Crippen molar-refractivity contribution in [3.63, 3.8) is 0 Å². The Bertz CT molecular complexity index is 904. The summed E-state index contributed by atoms with van der Waals surface area (Å²) in [5.74, 6) is 0.419. The molecule has 6 heteroatoms. The van der Waals surface area contributed by atoms with E-state index in [1.54, 1.807) is 6.08 Å². The third-order valence-corrected chi connectivity index (χ3v) is 4.79. The van der Waals surface area contributed by atoms with E-state index in [-0.39, 0.29) is 18.6 Å². The molecular formula is C24H27NO5. The van der Waals surface area contributed by atoms with Gasteiger partial charge in [0, 0.05) is 12.5 Å². The van der Waals surface area contributed by atoms with E-state index in [1.165, 1.54) is 11.6 Å². The van der Waals surface area contributed by atoms with Crippen LogP contribution in [0.3, 0.4) is 0 Å². The zero-order valence-electron chi connectivity index (χ0n) is 17.4. The van der Waals surface area contributed by atoms with Crippen molar-refractivity contribution in [3.05, 3.63) is 65.2 Å². The van der Waals surface area contributed by atoms with Crippen LogP contribution in [0.2, 0.25) is 0 Å². The molecule has 2 aromatic rings. The topological polar surface area (TPSA) is 73.9 Å². The summed E-state index contributed by atoms with van der Waals surface area (Å²) in [7, 11) is 0. The molecule has 1 aliphatic heterocycles. The quantitative estimate of drug-likeness (QED) is 0.556. The van der Waals surface area contributed by atoms with E-state index in [0.29, 0.717) is 24.7 Å². The summed E-state index contributed by atoms with van der Waals surface area (Å²) in [6.07, 6.45) is 4.71. The van der Waals surface area contributed by atoms with E-state index < -0.39 is 5.97 Å². The lowest BCUT2D eigenvalue weighted by atomic mass is 10.1. The Morgan fingerprint density at radius 2 is 1.83 bits per heavy atom. The van der Waals surface area contributed by atoms with Crippen molar-refractivity contribution < 1.29 is 23.8 Å². The molecule has 0 saturated heterocycles. The summed E-state index contributed by atoms with van der Waals surface area (Å²) in [5, 5.41) is 2.83. The van der Waals surface area contributed by atoms with E-state index >= 15 is 0 Å². The normalized spacial score (nSPS) is 14.1. The van der Waals surface area contributed by atoms with Gasteiger partial charge in [-0.25, -0.2) is 4.79 Å². The van der Waals surface area contributed by atoms with Gasteiger partial charge in [0.25, 0.3) is 5.91 Å². The van der Waals surface area contributed by atoms with Crippen LogP contribution in [0.1, 0.15) is 43.0 Å². The van der Waals surface area contributed by atoms with Gasteiger partial charge in [-0.2, -0.15) is 0 Å². The van der Waals surface area contributed by atoms with E-state index in [4.69, 9.17) is 14.2 Å². The third-order valence-electron chi connectivity index (χ3n) is 4.79. The maximum Gasteiger partial charge on any atom is 0.331 e. The molecule has 1 heterocycles. The number of nitrogens with one attached hydrogen (secondary N) is 1. The molecule has 6 nitrogen and oxygen atoms in total. The molecule has 0 aliphatic carbocycles. The van der Waals surface area contributed by atoms with Crippen LogP contribution >= 0.6 is 0 Å². The van der Waals surface area contributed by atoms with Crippen molar-refractivity contribution in [2.75, 3.05) is 19.8 Å². The van der Waals surface area contributed by atoms with E-state index in [9.17, 15) is 9.59 Å². The molecule has 0 bridgehead atoms. The maximum absolute atomic E-state index is 12.1. The highest BCUT2D eigenvalue weighted by Gasteiger charge is 2.12. The Morgan fingerprint density at radius 3 is 2.57 bits per heavy atom. The largest absolute Gasteiger partial charge is 0.490 e. The number of amides is 1. The number of fused-ring (bicyclic) bond motifs is 1. The number of carbonyl (C=O) groups excluding carboxylic acids is 2. The molecule has 1 atom stereocenters. The first kappa shape index (κ1) is 21.4. The van der Waals surface area contributed by atoms with Crippen LogP contribution in [-0.2, 0) is 20.7 Å². The zero-order valence-corrected chi connectivity index (χ0v) is 17.4. The number of aryl methyl sites for hydroxylation is 1. The Kier molecular flexibility index (Phi) is 7.49. The lowest BCUT2D eigenvalue weighted by molar-refractivity contribution is -0.144. The monoisotopic (exact) mass is 409 g/mol. The highest BCUT2D eigenvalue weighted by molar-refractivity contribution is 5.89. The molecule has 0 spiro atoms. The second kappa shape index (κ2) is 10.5. The first-order chi connectivity index (χ1) is 14.5. The Hall–Kier alpha value is -3.28. The predicted octanol–water partition coefficient (Wildman–Crippen LogP) is 3.84. The SMILES string of the molecule is CCc1ccc([C@H](C)NC(=O)COC(=O)/C=C/c2ccc3c(c2)OCCCO3)cc1. The molecular weight excluding hydrogens is 382 g/mol. The minimum absolute atomic E-state index is 0.167. The van der Waals surface area contributed by atoms with E-state index in [1.807, 2.05) is 49.4 Å². The molecule has 1 aliphatic rings. The van der Waals surface area contributed by atoms with E-state index in [2.05, 4.69) is 12.2 Å². The van der Waals surface area contributed by atoms with Crippen molar-refractivity contribution in [1.29, 1.82) is 0 Å². The number of ether oxygens (including phenoxy) is 3. The Balaban J connectivity index is 1.46. The van der Waals surface area contributed by atoms with Crippen LogP contribution < -0.4 is 14.8 Å². The van der Waals surface area contributed by atoms with Gasteiger partial charge in [0.15, 0.2) is 18.1 Å². The van der Waals surface area contributed by atoms with Crippen LogP contribution in [0.25, 0.3) is 6.08 Å². The van der Waals surface area contributed by atoms with Gasteiger partial charge in [-0.1, -0.05) is 37.3 Å². The highest BCUT2D eigenvalue weighted by atomic mass is 16.5. The first-order valence-corrected chi connectivity index (χ1v) is 10.2. The summed E-state index contributed by atoms with van der Waals surface area (Å²) in [5.41, 5.74) is 3.03. The lowest BCUT2D eigenvalue weighted by Crippen LogP contribution is -2.30. The van der Waals surface area contributed by atoms with Gasteiger partial charge in [0.1, 0.15) is 0 Å². The van der Waals surface area contributed by atoms with Gasteiger partial charge in [-0.15, -0.1) is 0 Å². The molecule has 1 amide bonds. The Morgan fingerprint density at radius 1 is 1.10 bits per heavy atom. The van der Waals surface area contributed by atoms with Gasteiger partial charge in [-0.3, -0.25) is 4.79 Å². The second-order valence-electron chi connectivity index (χ2n) is 7.08. The minimum Gasteiger partial charge on any atom is -0.490 e. The maximum atomic E-state index is 12.1. The molecule has 2 aromatic carbocycles. The molecule has 158 valence electrons. The Labute approximate surface area is 176 Å². The number of benzene rings is 2.